The minimum Gasteiger partial charge on any atom is -0.317 e. The number of hydrogen-bond acceptors (Lipinski definition) is 4. The largest absolute Gasteiger partial charge is 0.317 e. The lowest BCUT2D eigenvalue weighted by Crippen LogP contribution is -2.43. The summed E-state index contributed by atoms with van der Waals surface area (Å²) in [7, 11) is -3.45. The van der Waals surface area contributed by atoms with E-state index in [2.05, 4.69) is 15.1 Å². The first kappa shape index (κ1) is 16.4. The molecule has 0 spiro atoms. The Morgan fingerprint density at radius 3 is 2.79 bits per heavy atom. The number of sulfonamides is 1. The maximum absolute atomic E-state index is 12.3. The van der Waals surface area contributed by atoms with Gasteiger partial charge in [-0.25, -0.2) is 13.1 Å². The van der Waals surface area contributed by atoms with E-state index in [0.29, 0.717) is 6.54 Å². The van der Waals surface area contributed by atoms with Crippen LogP contribution in [0.3, 0.4) is 0 Å². The smallest absolute Gasteiger partial charge is 0.257 e. The molecule has 8 heteroatoms. The van der Waals surface area contributed by atoms with Gasteiger partial charge in [-0.15, -0.1) is 12.4 Å². The third-order valence-corrected chi connectivity index (χ3v) is 4.59. The van der Waals surface area contributed by atoms with E-state index in [1.807, 2.05) is 6.92 Å². The second kappa shape index (κ2) is 7.23. The van der Waals surface area contributed by atoms with Crippen molar-refractivity contribution in [2.45, 2.75) is 43.8 Å². The SMILES string of the molecule is CCCn1nccc1S(=O)(=O)NC1CCNCC1.Cl. The second-order valence-corrected chi connectivity index (χ2v) is 6.20. The Balaban J connectivity index is 0.00000180. The molecular formula is C11H21ClN4O2S. The Morgan fingerprint density at radius 2 is 2.16 bits per heavy atom. The summed E-state index contributed by atoms with van der Waals surface area (Å²) in [6.07, 6.45) is 4.06. The molecular weight excluding hydrogens is 288 g/mol. The Hall–Kier alpha value is -0.630. The summed E-state index contributed by atoms with van der Waals surface area (Å²) >= 11 is 0. The second-order valence-electron chi connectivity index (χ2n) is 4.54. The molecule has 1 aliphatic rings. The van der Waals surface area contributed by atoms with Gasteiger partial charge in [-0.3, -0.25) is 4.68 Å². The van der Waals surface area contributed by atoms with Crippen LogP contribution in [0.25, 0.3) is 0 Å². The van der Waals surface area contributed by atoms with Gasteiger partial charge in [-0.05, 0) is 38.4 Å². The summed E-state index contributed by atoms with van der Waals surface area (Å²) < 4.78 is 28.8. The third kappa shape index (κ3) is 4.17. The molecule has 0 unspecified atom stereocenters. The van der Waals surface area contributed by atoms with Crippen molar-refractivity contribution >= 4 is 22.4 Å². The van der Waals surface area contributed by atoms with Crippen molar-refractivity contribution in [1.29, 1.82) is 0 Å². The lowest BCUT2D eigenvalue weighted by molar-refractivity contribution is 0.424. The monoisotopic (exact) mass is 308 g/mol. The van der Waals surface area contributed by atoms with E-state index in [0.717, 1.165) is 32.4 Å². The summed E-state index contributed by atoms with van der Waals surface area (Å²) in [5.41, 5.74) is 0. The number of hydrogen-bond donors (Lipinski definition) is 2. The number of nitrogens with one attached hydrogen (secondary N) is 2. The van der Waals surface area contributed by atoms with Gasteiger partial charge in [-0.2, -0.15) is 5.10 Å². The van der Waals surface area contributed by atoms with Crippen LogP contribution in [-0.4, -0.2) is 37.3 Å². The molecule has 2 heterocycles. The van der Waals surface area contributed by atoms with Crippen molar-refractivity contribution in [2.24, 2.45) is 0 Å². The van der Waals surface area contributed by atoms with Crippen LogP contribution in [0.15, 0.2) is 17.3 Å². The molecule has 0 aliphatic carbocycles. The first-order valence-electron chi connectivity index (χ1n) is 6.38. The molecule has 1 aliphatic heterocycles. The van der Waals surface area contributed by atoms with E-state index in [9.17, 15) is 8.42 Å². The van der Waals surface area contributed by atoms with Gasteiger partial charge in [-0.1, -0.05) is 6.92 Å². The van der Waals surface area contributed by atoms with Crippen LogP contribution >= 0.6 is 12.4 Å². The van der Waals surface area contributed by atoms with Gasteiger partial charge < -0.3 is 5.32 Å². The quantitative estimate of drug-likeness (QED) is 0.841. The predicted octanol–water partition coefficient (Wildman–Crippen LogP) is 0.745. The van der Waals surface area contributed by atoms with Crippen LogP contribution in [0.4, 0.5) is 0 Å². The minimum absolute atomic E-state index is 0. The minimum atomic E-state index is -3.45. The van der Waals surface area contributed by atoms with Crippen molar-refractivity contribution in [2.75, 3.05) is 13.1 Å². The average molecular weight is 309 g/mol. The Bertz CT molecular complexity index is 483. The standard InChI is InChI=1S/C11H20N4O2S.ClH/c1-2-9-15-11(5-8-13-15)18(16,17)14-10-3-6-12-7-4-10;/h5,8,10,12,14H,2-4,6-7,9H2,1H3;1H. The molecule has 110 valence electrons. The Labute approximate surface area is 120 Å². The molecule has 6 nitrogen and oxygen atoms in total. The molecule has 1 saturated heterocycles. The fourth-order valence-corrected chi connectivity index (χ4v) is 3.60. The predicted molar refractivity (Wildman–Crippen MR) is 76.0 cm³/mol. The topological polar surface area (TPSA) is 76.0 Å². The zero-order valence-electron chi connectivity index (χ0n) is 11.0. The molecule has 2 rings (SSSR count). The van der Waals surface area contributed by atoms with Crippen LogP contribution in [0.2, 0.25) is 0 Å². The summed E-state index contributed by atoms with van der Waals surface area (Å²) in [5, 5.41) is 7.53. The zero-order chi connectivity index (χ0) is 13.0. The maximum atomic E-state index is 12.3. The van der Waals surface area contributed by atoms with Crippen LogP contribution in [0.5, 0.6) is 0 Å². The normalized spacial score (nSPS) is 17.1. The summed E-state index contributed by atoms with van der Waals surface area (Å²) in [4.78, 5) is 0. The first-order chi connectivity index (χ1) is 8.63. The highest BCUT2D eigenvalue weighted by atomic mass is 35.5. The number of aryl methyl sites for hydroxylation is 1. The van der Waals surface area contributed by atoms with Gasteiger partial charge in [0.05, 0.1) is 6.20 Å². The average Bonchev–Trinajstić information content (AvgIpc) is 2.79. The fourth-order valence-electron chi connectivity index (χ4n) is 2.15. The number of halogens is 1. The zero-order valence-corrected chi connectivity index (χ0v) is 12.6. The lowest BCUT2D eigenvalue weighted by Gasteiger charge is -2.23. The van der Waals surface area contributed by atoms with Crippen LogP contribution in [0, 0.1) is 0 Å². The summed E-state index contributed by atoms with van der Waals surface area (Å²) in [5.74, 6) is 0. The fraction of sp³-hybridized carbons (Fsp3) is 0.727. The van der Waals surface area contributed by atoms with Gasteiger partial charge in [0.25, 0.3) is 10.0 Å². The highest BCUT2D eigenvalue weighted by molar-refractivity contribution is 7.89. The molecule has 19 heavy (non-hydrogen) atoms. The molecule has 0 amide bonds. The van der Waals surface area contributed by atoms with Crippen molar-refractivity contribution in [3.8, 4) is 0 Å². The Morgan fingerprint density at radius 1 is 1.47 bits per heavy atom. The number of rotatable bonds is 5. The highest BCUT2D eigenvalue weighted by Crippen LogP contribution is 2.12. The van der Waals surface area contributed by atoms with Gasteiger partial charge in [0.1, 0.15) is 0 Å². The number of piperidine rings is 1. The van der Waals surface area contributed by atoms with Crippen molar-refractivity contribution in [1.82, 2.24) is 19.8 Å². The summed E-state index contributed by atoms with van der Waals surface area (Å²) in [6, 6.07) is 1.58. The maximum Gasteiger partial charge on any atom is 0.257 e. The molecule has 0 bridgehead atoms. The van der Waals surface area contributed by atoms with Gasteiger partial charge in [0, 0.05) is 12.6 Å². The van der Waals surface area contributed by atoms with Crippen molar-refractivity contribution in [3.63, 3.8) is 0 Å². The molecule has 1 aromatic rings. The molecule has 2 N–H and O–H groups in total. The van der Waals surface area contributed by atoms with E-state index in [1.165, 1.54) is 6.20 Å². The van der Waals surface area contributed by atoms with Crippen molar-refractivity contribution in [3.05, 3.63) is 12.3 Å². The number of nitrogens with zero attached hydrogens (tertiary/aromatic N) is 2. The van der Waals surface area contributed by atoms with Crippen LogP contribution in [-0.2, 0) is 16.6 Å². The third-order valence-electron chi connectivity index (χ3n) is 3.05. The van der Waals surface area contributed by atoms with Gasteiger partial charge >= 0.3 is 0 Å². The van der Waals surface area contributed by atoms with Crippen LogP contribution < -0.4 is 10.0 Å². The van der Waals surface area contributed by atoms with E-state index in [4.69, 9.17) is 0 Å². The van der Waals surface area contributed by atoms with E-state index in [-0.39, 0.29) is 23.5 Å². The lowest BCUT2D eigenvalue weighted by atomic mass is 10.1. The highest BCUT2D eigenvalue weighted by Gasteiger charge is 2.24. The Kier molecular flexibility index (Phi) is 6.25. The van der Waals surface area contributed by atoms with Gasteiger partial charge in [0.2, 0.25) is 0 Å². The van der Waals surface area contributed by atoms with Crippen LogP contribution in [0.1, 0.15) is 26.2 Å². The number of aromatic nitrogens is 2. The van der Waals surface area contributed by atoms with Crippen molar-refractivity contribution < 1.29 is 8.42 Å². The molecule has 0 atom stereocenters. The summed E-state index contributed by atoms with van der Waals surface area (Å²) in [6.45, 7) is 4.34. The molecule has 1 aromatic heterocycles. The van der Waals surface area contributed by atoms with Gasteiger partial charge in [0.15, 0.2) is 5.03 Å². The molecule has 1 fully saturated rings. The molecule has 0 radical (unpaired) electrons. The molecule has 0 aromatic carbocycles. The van der Waals surface area contributed by atoms with E-state index >= 15 is 0 Å². The van der Waals surface area contributed by atoms with E-state index < -0.39 is 10.0 Å². The molecule has 0 saturated carbocycles. The van der Waals surface area contributed by atoms with E-state index in [1.54, 1.807) is 10.7 Å². The first-order valence-corrected chi connectivity index (χ1v) is 7.86.